The molecule has 0 bridgehead atoms. The Labute approximate surface area is 125 Å². The van der Waals surface area contributed by atoms with E-state index in [4.69, 9.17) is 9.47 Å². The van der Waals surface area contributed by atoms with E-state index in [-0.39, 0.29) is 0 Å². The minimum atomic E-state index is -0.521. The van der Waals surface area contributed by atoms with Crippen LogP contribution >= 0.6 is 0 Å². The number of carbonyl (C=O) groups excluding carboxylic acids is 1. The summed E-state index contributed by atoms with van der Waals surface area (Å²) in [5.74, 6) is 1.33. The molecule has 116 valence electrons. The van der Waals surface area contributed by atoms with E-state index >= 15 is 0 Å². The van der Waals surface area contributed by atoms with Gasteiger partial charge in [0.15, 0.2) is 0 Å². The molecule has 1 unspecified atom stereocenters. The molecule has 5 heteroatoms. The van der Waals surface area contributed by atoms with Gasteiger partial charge in [0, 0.05) is 12.3 Å². The minimum Gasteiger partial charge on any atom is -0.477 e. The molecular formula is C16H24N2O3. The van der Waals surface area contributed by atoms with Crippen molar-refractivity contribution in [1.82, 2.24) is 9.78 Å². The summed E-state index contributed by atoms with van der Waals surface area (Å²) in [6.07, 6.45) is 7.76. The first-order chi connectivity index (χ1) is 9.88. The summed E-state index contributed by atoms with van der Waals surface area (Å²) in [5.41, 5.74) is 0.173. The number of aromatic nitrogens is 2. The van der Waals surface area contributed by atoms with E-state index in [1.165, 1.54) is 30.4 Å². The first kappa shape index (κ1) is 14.4. The Morgan fingerprint density at radius 1 is 1.43 bits per heavy atom. The summed E-state index contributed by atoms with van der Waals surface area (Å²) in [6.45, 7) is 6.17. The Kier molecular flexibility index (Phi) is 3.46. The molecule has 0 radical (unpaired) electrons. The summed E-state index contributed by atoms with van der Waals surface area (Å²) < 4.78 is 12.1. The summed E-state index contributed by atoms with van der Waals surface area (Å²) in [5, 5.41) is 4.11. The Morgan fingerprint density at radius 3 is 2.76 bits per heavy atom. The Hall–Kier alpha value is -1.52. The third kappa shape index (κ3) is 3.22. The number of nitrogens with zero attached hydrogens (tertiary/aromatic N) is 2. The summed E-state index contributed by atoms with van der Waals surface area (Å²) in [4.78, 5) is 11.8. The predicted octanol–water partition coefficient (Wildman–Crippen LogP) is 3.63. The Bertz CT molecular complexity index is 526. The lowest BCUT2D eigenvalue weighted by Gasteiger charge is -2.37. The van der Waals surface area contributed by atoms with E-state index in [1.807, 2.05) is 20.8 Å². The van der Waals surface area contributed by atoms with E-state index in [0.717, 1.165) is 12.3 Å². The third-order valence-electron chi connectivity index (χ3n) is 4.61. The molecule has 0 amide bonds. The van der Waals surface area contributed by atoms with Crippen LogP contribution in [-0.2, 0) is 4.74 Å². The smallest absolute Gasteiger partial charge is 0.435 e. The number of rotatable bonds is 4. The van der Waals surface area contributed by atoms with Crippen molar-refractivity contribution in [2.24, 2.45) is 11.3 Å². The van der Waals surface area contributed by atoms with Crippen molar-refractivity contribution in [1.29, 1.82) is 0 Å². The normalized spacial score (nSPS) is 22.7. The molecule has 0 saturated heterocycles. The van der Waals surface area contributed by atoms with Gasteiger partial charge in [-0.15, -0.1) is 5.10 Å². The predicted molar refractivity (Wildman–Crippen MR) is 78.4 cm³/mol. The monoisotopic (exact) mass is 292 g/mol. The van der Waals surface area contributed by atoms with Crippen LogP contribution in [0.4, 0.5) is 4.79 Å². The van der Waals surface area contributed by atoms with Gasteiger partial charge in [-0.1, -0.05) is 0 Å². The van der Waals surface area contributed by atoms with Gasteiger partial charge in [0.25, 0.3) is 0 Å². The first-order valence-electron chi connectivity index (χ1n) is 7.80. The maximum Gasteiger partial charge on any atom is 0.435 e. The molecule has 1 aromatic rings. The topological polar surface area (TPSA) is 53.4 Å². The molecule has 2 aliphatic carbocycles. The molecular weight excluding hydrogens is 268 g/mol. The highest BCUT2D eigenvalue weighted by Gasteiger charge is 2.54. The van der Waals surface area contributed by atoms with E-state index in [9.17, 15) is 4.79 Å². The molecule has 0 aliphatic heterocycles. The van der Waals surface area contributed by atoms with Crippen LogP contribution in [0.3, 0.4) is 0 Å². The van der Waals surface area contributed by atoms with E-state index in [2.05, 4.69) is 5.10 Å². The third-order valence-corrected chi connectivity index (χ3v) is 4.61. The zero-order valence-electron chi connectivity index (χ0n) is 13.1. The Balaban J connectivity index is 1.45. The van der Waals surface area contributed by atoms with Crippen molar-refractivity contribution in [2.75, 3.05) is 6.61 Å². The molecule has 0 N–H and O–H groups in total. The number of carbonyl (C=O) groups is 1. The van der Waals surface area contributed by atoms with E-state index in [1.54, 1.807) is 12.3 Å². The van der Waals surface area contributed by atoms with Crippen molar-refractivity contribution in [3.8, 4) is 5.88 Å². The molecule has 1 heterocycles. The van der Waals surface area contributed by atoms with Crippen LogP contribution in [0.25, 0.3) is 0 Å². The van der Waals surface area contributed by atoms with Gasteiger partial charge >= 0.3 is 6.09 Å². The molecule has 21 heavy (non-hydrogen) atoms. The Morgan fingerprint density at radius 2 is 2.19 bits per heavy atom. The second-order valence-corrected chi connectivity index (χ2v) is 7.31. The van der Waals surface area contributed by atoms with Crippen molar-refractivity contribution in [3.63, 3.8) is 0 Å². The minimum absolute atomic E-state index is 0.478. The molecule has 0 aromatic carbocycles. The lowest BCUT2D eigenvalue weighted by Crippen LogP contribution is -2.29. The van der Waals surface area contributed by atoms with Crippen LogP contribution in [0.5, 0.6) is 5.88 Å². The standard InChI is InChI=1S/C16H24N2O3/c1-15(2,3)21-14(19)18-10-5-13(17-18)20-11-6-12-4-7-16(12)8-9-16/h5,10,12H,4,6-9,11H2,1-3H3. The lowest BCUT2D eigenvalue weighted by molar-refractivity contribution is 0.0511. The molecule has 2 aliphatic rings. The van der Waals surface area contributed by atoms with E-state index < -0.39 is 11.7 Å². The van der Waals surface area contributed by atoms with Crippen LogP contribution in [0.1, 0.15) is 52.9 Å². The van der Waals surface area contributed by atoms with E-state index in [0.29, 0.717) is 17.9 Å². The number of ether oxygens (including phenoxy) is 2. The maximum absolute atomic E-state index is 11.8. The highest BCUT2D eigenvalue weighted by molar-refractivity contribution is 5.69. The zero-order chi connectivity index (χ0) is 15.1. The second kappa shape index (κ2) is 5.04. The summed E-state index contributed by atoms with van der Waals surface area (Å²) in [6, 6.07) is 1.71. The average molecular weight is 292 g/mol. The van der Waals surface area contributed by atoms with Crippen LogP contribution in [0, 0.1) is 11.3 Å². The highest BCUT2D eigenvalue weighted by Crippen LogP contribution is 2.65. The van der Waals surface area contributed by atoms with Crippen LogP contribution in [0.2, 0.25) is 0 Å². The summed E-state index contributed by atoms with van der Waals surface area (Å²) in [7, 11) is 0. The molecule has 1 aromatic heterocycles. The van der Waals surface area contributed by atoms with Crippen molar-refractivity contribution in [2.45, 2.75) is 58.5 Å². The van der Waals surface area contributed by atoms with Gasteiger partial charge in [-0.2, -0.15) is 4.68 Å². The van der Waals surface area contributed by atoms with Gasteiger partial charge in [0.05, 0.1) is 6.61 Å². The fourth-order valence-corrected chi connectivity index (χ4v) is 3.13. The molecule has 3 rings (SSSR count). The zero-order valence-corrected chi connectivity index (χ0v) is 13.1. The molecule has 1 spiro atoms. The van der Waals surface area contributed by atoms with Crippen LogP contribution < -0.4 is 4.74 Å². The molecule has 1 atom stereocenters. The molecule has 5 nitrogen and oxygen atoms in total. The average Bonchev–Trinajstić information content (AvgIpc) is 3.07. The van der Waals surface area contributed by atoms with Crippen LogP contribution in [-0.4, -0.2) is 28.1 Å². The fraction of sp³-hybridized carbons (Fsp3) is 0.750. The SMILES string of the molecule is CC(C)(C)OC(=O)n1ccc(OCCC2CCC23CC3)n1. The number of hydrogen-bond acceptors (Lipinski definition) is 4. The quantitative estimate of drug-likeness (QED) is 0.850. The largest absolute Gasteiger partial charge is 0.477 e. The highest BCUT2D eigenvalue weighted by atomic mass is 16.6. The fourth-order valence-electron chi connectivity index (χ4n) is 3.13. The van der Waals surface area contributed by atoms with Gasteiger partial charge in [-0.05, 0) is 64.2 Å². The molecule has 2 fully saturated rings. The van der Waals surface area contributed by atoms with Gasteiger partial charge < -0.3 is 9.47 Å². The van der Waals surface area contributed by atoms with Crippen LogP contribution in [0.15, 0.2) is 12.3 Å². The van der Waals surface area contributed by atoms with Gasteiger partial charge in [0.2, 0.25) is 5.88 Å². The van der Waals surface area contributed by atoms with Gasteiger partial charge in [-0.3, -0.25) is 0 Å². The lowest BCUT2D eigenvalue weighted by atomic mass is 9.69. The first-order valence-corrected chi connectivity index (χ1v) is 7.80. The molecule has 2 saturated carbocycles. The van der Waals surface area contributed by atoms with Crippen molar-refractivity contribution < 1.29 is 14.3 Å². The van der Waals surface area contributed by atoms with Gasteiger partial charge in [0.1, 0.15) is 5.60 Å². The summed E-state index contributed by atoms with van der Waals surface area (Å²) >= 11 is 0. The van der Waals surface area contributed by atoms with Crippen molar-refractivity contribution >= 4 is 6.09 Å². The maximum atomic E-state index is 11.8. The second-order valence-electron chi connectivity index (χ2n) is 7.31. The van der Waals surface area contributed by atoms with Gasteiger partial charge in [-0.25, -0.2) is 4.79 Å². The number of hydrogen-bond donors (Lipinski definition) is 0. The van der Waals surface area contributed by atoms with Crippen molar-refractivity contribution in [3.05, 3.63) is 12.3 Å².